The minimum atomic E-state index is -0.414. The summed E-state index contributed by atoms with van der Waals surface area (Å²) in [4.78, 5) is 11.7. The van der Waals surface area contributed by atoms with E-state index in [2.05, 4.69) is 27.9 Å². The largest absolute Gasteiger partial charge is 0.350 e. The number of amides is 1. The number of nitrogens with two attached hydrogens (primary N) is 1. The molecule has 0 aromatic heterocycles. The molecule has 0 unspecified atom stereocenters. The van der Waals surface area contributed by atoms with Crippen molar-refractivity contribution < 1.29 is 4.79 Å². The zero-order valence-electron chi connectivity index (χ0n) is 9.59. The smallest absolute Gasteiger partial charge is 0.251 e. The molecule has 1 rings (SSSR count). The van der Waals surface area contributed by atoms with Crippen LogP contribution in [-0.4, -0.2) is 18.0 Å². The molecule has 0 radical (unpaired) electrons. The molecule has 0 aliphatic rings. The number of carbonyl (C=O) groups is 1. The van der Waals surface area contributed by atoms with Crippen molar-refractivity contribution in [1.82, 2.24) is 5.32 Å². The molecular formula is C11H15Cl2IN2O. The van der Waals surface area contributed by atoms with Crippen LogP contribution in [0.1, 0.15) is 24.2 Å². The first kappa shape index (κ1) is 17.0. The molecule has 1 aromatic rings. The lowest BCUT2D eigenvalue weighted by Gasteiger charge is -2.18. The molecule has 17 heavy (non-hydrogen) atoms. The highest BCUT2D eigenvalue weighted by Crippen LogP contribution is 2.19. The highest BCUT2D eigenvalue weighted by atomic mass is 127. The van der Waals surface area contributed by atoms with Gasteiger partial charge in [0.2, 0.25) is 0 Å². The summed E-state index contributed by atoms with van der Waals surface area (Å²) < 4.78 is 0.926. The molecule has 0 bridgehead atoms. The van der Waals surface area contributed by atoms with Crippen molar-refractivity contribution in [3.05, 3.63) is 32.4 Å². The van der Waals surface area contributed by atoms with Crippen molar-refractivity contribution in [3.63, 3.8) is 0 Å². The van der Waals surface area contributed by atoms with Crippen molar-refractivity contribution in [3.8, 4) is 0 Å². The van der Waals surface area contributed by atoms with Gasteiger partial charge in [-0.2, -0.15) is 0 Å². The molecule has 1 aromatic carbocycles. The van der Waals surface area contributed by atoms with Gasteiger partial charge in [-0.1, -0.05) is 11.6 Å². The second-order valence-electron chi connectivity index (χ2n) is 4.30. The van der Waals surface area contributed by atoms with Crippen LogP contribution >= 0.6 is 46.6 Å². The predicted molar refractivity (Wildman–Crippen MR) is 82.0 cm³/mol. The Bertz CT molecular complexity index is 405. The molecule has 96 valence electrons. The van der Waals surface area contributed by atoms with Gasteiger partial charge in [-0.3, -0.25) is 4.79 Å². The molecule has 0 aliphatic carbocycles. The standard InChI is InChI=1S/C11H14ClIN2O.ClH/c1-11(2,14)6-15-10(16)7-3-4-9(13)8(12)5-7;/h3-5H,6,14H2,1-2H3,(H,15,16);1H. The van der Waals surface area contributed by atoms with Crippen LogP contribution < -0.4 is 11.1 Å². The van der Waals surface area contributed by atoms with Gasteiger partial charge in [0, 0.05) is 21.2 Å². The Labute approximate surface area is 126 Å². The Morgan fingerprint density at radius 2 is 2.12 bits per heavy atom. The summed E-state index contributed by atoms with van der Waals surface area (Å²) in [6.45, 7) is 4.14. The van der Waals surface area contributed by atoms with E-state index in [0.29, 0.717) is 17.1 Å². The molecule has 3 N–H and O–H groups in total. The first-order chi connectivity index (χ1) is 7.29. The number of rotatable bonds is 3. The average Bonchev–Trinajstić information content (AvgIpc) is 2.17. The number of benzene rings is 1. The average molecular weight is 389 g/mol. The first-order valence-electron chi connectivity index (χ1n) is 4.82. The highest BCUT2D eigenvalue weighted by molar-refractivity contribution is 14.1. The number of hydrogen-bond donors (Lipinski definition) is 2. The fourth-order valence-electron chi connectivity index (χ4n) is 1.05. The van der Waals surface area contributed by atoms with E-state index in [1.54, 1.807) is 12.1 Å². The van der Waals surface area contributed by atoms with Crippen molar-refractivity contribution in [2.24, 2.45) is 5.73 Å². The van der Waals surface area contributed by atoms with Gasteiger partial charge in [0.1, 0.15) is 0 Å². The molecule has 0 aliphatic heterocycles. The molecule has 0 saturated carbocycles. The lowest BCUT2D eigenvalue weighted by atomic mass is 10.1. The van der Waals surface area contributed by atoms with E-state index >= 15 is 0 Å². The third-order valence-electron chi connectivity index (χ3n) is 1.89. The Morgan fingerprint density at radius 3 is 2.59 bits per heavy atom. The fraction of sp³-hybridized carbons (Fsp3) is 0.364. The van der Waals surface area contributed by atoms with Gasteiger partial charge in [-0.15, -0.1) is 12.4 Å². The van der Waals surface area contributed by atoms with Crippen molar-refractivity contribution in [2.45, 2.75) is 19.4 Å². The normalized spacial score (nSPS) is 10.6. The second-order valence-corrected chi connectivity index (χ2v) is 5.87. The summed E-state index contributed by atoms with van der Waals surface area (Å²) in [5.41, 5.74) is 5.91. The highest BCUT2D eigenvalue weighted by Gasteiger charge is 2.13. The van der Waals surface area contributed by atoms with E-state index < -0.39 is 5.54 Å². The summed E-state index contributed by atoms with van der Waals surface area (Å²) in [6, 6.07) is 5.21. The SMILES string of the molecule is CC(C)(N)CNC(=O)c1ccc(I)c(Cl)c1.Cl. The van der Waals surface area contributed by atoms with Gasteiger partial charge in [-0.05, 0) is 54.6 Å². The van der Waals surface area contributed by atoms with Gasteiger partial charge in [-0.25, -0.2) is 0 Å². The maximum atomic E-state index is 11.7. The van der Waals surface area contributed by atoms with Gasteiger partial charge in [0.05, 0.1) is 5.02 Å². The Morgan fingerprint density at radius 1 is 1.53 bits per heavy atom. The Balaban J connectivity index is 0.00000256. The van der Waals surface area contributed by atoms with E-state index in [-0.39, 0.29) is 18.3 Å². The molecule has 0 saturated heterocycles. The van der Waals surface area contributed by atoms with E-state index in [1.165, 1.54) is 0 Å². The van der Waals surface area contributed by atoms with Crippen molar-refractivity contribution in [1.29, 1.82) is 0 Å². The lowest BCUT2D eigenvalue weighted by molar-refractivity contribution is 0.0946. The van der Waals surface area contributed by atoms with Crippen LogP contribution in [0.4, 0.5) is 0 Å². The summed E-state index contributed by atoms with van der Waals surface area (Å²) >= 11 is 8.05. The Kier molecular flexibility index (Phi) is 6.76. The van der Waals surface area contributed by atoms with Gasteiger partial charge in [0.25, 0.3) is 5.91 Å². The monoisotopic (exact) mass is 388 g/mol. The van der Waals surface area contributed by atoms with Crippen LogP contribution in [0, 0.1) is 3.57 Å². The minimum Gasteiger partial charge on any atom is -0.350 e. The number of halogens is 3. The van der Waals surface area contributed by atoms with Crippen LogP contribution in [0.2, 0.25) is 5.02 Å². The lowest BCUT2D eigenvalue weighted by Crippen LogP contribution is -2.45. The zero-order valence-corrected chi connectivity index (χ0v) is 13.3. The molecule has 6 heteroatoms. The van der Waals surface area contributed by atoms with Gasteiger partial charge in [0.15, 0.2) is 0 Å². The molecule has 0 spiro atoms. The minimum absolute atomic E-state index is 0. The van der Waals surface area contributed by atoms with Gasteiger partial charge < -0.3 is 11.1 Å². The van der Waals surface area contributed by atoms with Crippen molar-refractivity contribution in [2.75, 3.05) is 6.54 Å². The maximum Gasteiger partial charge on any atom is 0.251 e. The quantitative estimate of drug-likeness (QED) is 0.782. The van der Waals surface area contributed by atoms with E-state index in [9.17, 15) is 4.79 Å². The van der Waals surface area contributed by atoms with Crippen LogP contribution in [0.5, 0.6) is 0 Å². The van der Waals surface area contributed by atoms with Crippen LogP contribution in [0.3, 0.4) is 0 Å². The summed E-state index contributed by atoms with van der Waals surface area (Å²) in [6.07, 6.45) is 0. The molecule has 0 fully saturated rings. The summed E-state index contributed by atoms with van der Waals surface area (Å²) in [5, 5.41) is 3.34. The Hall–Kier alpha value is -0.0400. The third-order valence-corrected chi connectivity index (χ3v) is 3.46. The topological polar surface area (TPSA) is 55.1 Å². The van der Waals surface area contributed by atoms with E-state index in [0.717, 1.165) is 3.57 Å². The molecular weight excluding hydrogens is 374 g/mol. The third kappa shape index (κ3) is 5.90. The summed E-state index contributed by atoms with van der Waals surface area (Å²) in [5.74, 6) is -0.156. The molecule has 0 atom stereocenters. The fourth-order valence-corrected chi connectivity index (χ4v) is 1.56. The number of carbonyl (C=O) groups excluding carboxylic acids is 1. The van der Waals surface area contributed by atoms with Crippen molar-refractivity contribution >= 4 is 52.5 Å². The molecule has 3 nitrogen and oxygen atoms in total. The second kappa shape index (κ2) is 6.78. The summed E-state index contributed by atoms with van der Waals surface area (Å²) in [7, 11) is 0. The van der Waals surface area contributed by atoms with Crippen LogP contribution in [0.25, 0.3) is 0 Å². The van der Waals surface area contributed by atoms with Gasteiger partial charge >= 0.3 is 0 Å². The van der Waals surface area contributed by atoms with Crippen LogP contribution in [0.15, 0.2) is 18.2 Å². The molecule has 1 amide bonds. The predicted octanol–water partition coefficient (Wildman–Crippen LogP) is 2.83. The maximum absolute atomic E-state index is 11.7. The zero-order chi connectivity index (χ0) is 12.3. The molecule has 0 heterocycles. The van der Waals surface area contributed by atoms with Crippen LogP contribution in [-0.2, 0) is 0 Å². The number of nitrogens with one attached hydrogen (secondary N) is 1. The number of hydrogen-bond acceptors (Lipinski definition) is 2. The van der Waals surface area contributed by atoms with E-state index in [1.807, 2.05) is 19.9 Å². The first-order valence-corrected chi connectivity index (χ1v) is 6.27. The van der Waals surface area contributed by atoms with E-state index in [4.69, 9.17) is 17.3 Å².